The zero-order chi connectivity index (χ0) is 65.9. The smallest absolute Gasteiger partial charge is 0.251 e. The summed E-state index contributed by atoms with van der Waals surface area (Å²) in [5.41, 5.74) is 5.78. The van der Waals surface area contributed by atoms with Crippen LogP contribution in [0.25, 0.3) is 33.8 Å². The molecule has 478 valence electrons. The van der Waals surface area contributed by atoms with Crippen LogP contribution in [0.1, 0.15) is 58.6 Å². The van der Waals surface area contributed by atoms with Crippen molar-refractivity contribution in [3.05, 3.63) is 189 Å². The van der Waals surface area contributed by atoms with Crippen molar-refractivity contribution in [1.82, 2.24) is 25.6 Å². The van der Waals surface area contributed by atoms with Gasteiger partial charge >= 0.3 is 0 Å². The fraction of sp³-hybridized carbons (Fsp3) is 0.277. The number of aliphatic hydroxyl groups is 5. The third-order valence-corrected chi connectivity index (χ3v) is 14.1. The second kappa shape index (κ2) is 32.1. The summed E-state index contributed by atoms with van der Waals surface area (Å²) >= 11 is 11.7. The number of carbonyl (C=O) groups excluding carboxylic acids is 2. The number of amides is 2. The van der Waals surface area contributed by atoms with Gasteiger partial charge in [-0.25, -0.2) is 28.1 Å². The first-order valence-corrected chi connectivity index (χ1v) is 28.2. The quantitative estimate of drug-likeness (QED) is 0.0280. The summed E-state index contributed by atoms with van der Waals surface area (Å²) in [6.07, 6.45) is 0. The SMILES string of the molecule is COc1cc(C(=O)NCC(C)(O)c2ccc(OC)c(-c3ccc(F)c(Cl)c3)n2)ccc1OCCO.COc1cc(C(=O)NCC(C)(O)c2ccc(OC)c(-c3ccc(F)cc3)n2)ccc1OCCO.COc1ccc(C(C)(O)CN)nc1-c1ccc(F)c(Cl)c1. The van der Waals surface area contributed by atoms with E-state index in [0.29, 0.717) is 96.5 Å². The summed E-state index contributed by atoms with van der Waals surface area (Å²) in [6.45, 7) is 4.24. The average Bonchev–Trinajstić information content (AvgIpc) is 1.12. The Hall–Kier alpha value is -8.78. The van der Waals surface area contributed by atoms with E-state index in [-0.39, 0.29) is 67.6 Å². The van der Waals surface area contributed by atoms with Gasteiger partial charge in [0, 0.05) is 34.4 Å². The molecule has 0 aliphatic heterocycles. The standard InChI is InChI=1S/C25H26ClFN2O6.C25H27FN2O6.C15H16ClFN2O2/c1-25(32,14-28-24(31)16-5-7-19(35-11-10-30)21(13-16)34-3)22-9-8-20(33-2)23(29-22)15-4-6-18(27)17(26)12-15;1-25(31,15-27-24(30)17-6-9-19(34-13-12-29)21(14-17)33-3)22-11-10-20(32-2)23(28-22)16-4-7-18(26)8-5-16;1-15(20,8-18)13-6-5-12(21-2)14(19-13)9-3-4-11(17)10(16)7-9/h4-9,12-13,30,32H,10-11,14H2,1-3H3,(H,28,31);4-11,14,29,31H,12-13,15H2,1-3H3,(H,27,30);3-7,20H,8,18H2,1-2H3. The zero-order valence-electron chi connectivity index (χ0n) is 50.4. The number of hydrogen-bond acceptors (Lipinski definition) is 18. The molecule has 0 aliphatic rings. The summed E-state index contributed by atoms with van der Waals surface area (Å²) < 4.78 is 77.5. The molecule has 9 N–H and O–H groups in total. The van der Waals surface area contributed by atoms with E-state index >= 15 is 0 Å². The lowest BCUT2D eigenvalue weighted by Crippen LogP contribution is -2.39. The number of rotatable bonds is 24. The number of carbonyl (C=O) groups is 2. The molecule has 3 unspecified atom stereocenters. The molecular formula is C65H69Cl2F3N6O14. The van der Waals surface area contributed by atoms with Gasteiger partial charge in [-0.2, -0.15) is 0 Å². The summed E-state index contributed by atoms with van der Waals surface area (Å²) in [5, 5.41) is 55.5. The molecule has 8 rings (SSSR count). The van der Waals surface area contributed by atoms with Gasteiger partial charge in [0.15, 0.2) is 23.0 Å². The van der Waals surface area contributed by atoms with E-state index in [0.717, 1.165) is 0 Å². The van der Waals surface area contributed by atoms with Crippen molar-refractivity contribution in [2.45, 2.75) is 37.6 Å². The molecule has 3 heterocycles. The summed E-state index contributed by atoms with van der Waals surface area (Å²) in [4.78, 5) is 38.9. The Morgan fingerprint density at radius 3 is 1.13 bits per heavy atom. The van der Waals surface area contributed by atoms with E-state index in [9.17, 15) is 38.1 Å². The van der Waals surface area contributed by atoms with Gasteiger partial charge in [-0.05, 0) is 154 Å². The minimum absolute atomic E-state index is 0.00709. The molecule has 0 saturated heterocycles. The number of pyridine rings is 3. The number of ether oxygens (including phenoxy) is 7. The Balaban J connectivity index is 0.000000222. The lowest BCUT2D eigenvalue weighted by molar-refractivity contribution is 0.0489. The van der Waals surface area contributed by atoms with Crippen LogP contribution in [-0.4, -0.2) is 134 Å². The van der Waals surface area contributed by atoms with E-state index in [4.69, 9.17) is 72.3 Å². The largest absolute Gasteiger partial charge is 0.494 e. The second-order valence-electron chi connectivity index (χ2n) is 20.3. The number of benzene rings is 5. The van der Waals surface area contributed by atoms with E-state index in [1.807, 2.05) is 0 Å². The molecule has 0 bridgehead atoms. The Morgan fingerprint density at radius 1 is 0.467 bits per heavy atom. The monoisotopic (exact) mass is 1280 g/mol. The number of aromatic nitrogens is 3. The molecule has 0 fully saturated rings. The maximum Gasteiger partial charge on any atom is 0.251 e. The molecule has 25 heteroatoms. The van der Waals surface area contributed by atoms with Gasteiger partial charge in [-0.15, -0.1) is 0 Å². The summed E-state index contributed by atoms with van der Waals surface area (Å²) in [7, 11) is 7.36. The van der Waals surface area contributed by atoms with E-state index in [2.05, 4.69) is 25.6 Å². The minimum atomic E-state index is -1.55. The second-order valence-corrected chi connectivity index (χ2v) is 21.1. The van der Waals surface area contributed by atoms with Gasteiger partial charge in [-0.3, -0.25) is 9.59 Å². The van der Waals surface area contributed by atoms with Crippen LogP contribution in [0, 0.1) is 17.5 Å². The van der Waals surface area contributed by atoms with Crippen molar-refractivity contribution in [3.63, 3.8) is 0 Å². The van der Waals surface area contributed by atoms with Crippen molar-refractivity contribution >= 4 is 35.0 Å². The van der Waals surface area contributed by atoms with Crippen molar-refractivity contribution in [3.8, 4) is 74.0 Å². The molecule has 20 nitrogen and oxygen atoms in total. The average molecular weight is 1290 g/mol. The van der Waals surface area contributed by atoms with Crippen LogP contribution in [-0.2, 0) is 16.8 Å². The highest BCUT2D eigenvalue weighted by atomic mass is 35.5. The van der Waals surface area contributed by atoms with Gasteiger partial charge in [0.2, 0.25) is 0 Å². The number of halogens is 5. The molecule has 3 atom stereocenters. The van der Waals surface area contributed by atoms with Gasteiger partial charge < -0.3 is 75.1 Å². The topological polar surface area (TPSA) is 289 Å². The molecule has 8 aromatic rings. The fourth-order valence-electron chi connectivity index (χ4n) is 8.41. The number of hydrogen-bond donors (Lipinski definition) is 8. The molecule has 0 aliphatic carbocycles. The van der Waals surface area contributed by atoms with Gasteiger partial charge in [0.05, 0.1) is 89.0 Å². The van der Waals surface area contributed by atoms with Crippen molar-refractivity contribution in [2.24, 2.45) is 5.73 Å². The third kappa shape index (κ3) is 18.2. The Bertz CT molecular complexity index is 3750. The Morgan fingerprint density at radius 2 is 0.800 bits per heavy atom. The summed E-state index contributed by atoms with van der Waals surface area (Å²) in [6, 6.07) is 33.2. The highest BCUT2D eigenvalue weighted by Crippen LogP contribution is 2.37. The molecule has 5 aromatic carbocycles. The number of nitrogens with two attached hydrogens (primary N) is 1. The Kier molecular flexibility index (Phi) is 25.1. The molecule has 0 radical (unpaired) electrons. The van der Waals surface area contributed by atoms with Crippen molar-refractivity contribution in [2.75, 3.05) is 81.6 Å². The van der Waals surface area contributed by atoms with E-state index in [1.54, 1.807) is 85.8 Å². The maximum atomic E-state index is 13.6. The van der Waals surface area contributed by atoms with Crippen LogP contribution in [0.4, 0.5) is 13.2 Å². The van der Waals surface area contributed by atoms with E-state index in [1.165, 1.54) is 104 Å². The summed E-state index contributed by atoms with van der Waals surface area (Å²) in [5.74, 6) is 0.498. The number of aliphatic hydroxyl groups excluding tert-OH is 2. The van der Waals surface area contributed by atoms with Crippen molar-refractivity contribution in [1.29, 1.82) is 0 Å². The van der Waals surface area contributed by atoms with Crippen LogP contribution >= 0.6 is 23.2 Å². The lowest BCUT2D eigenvalue weighted by atomic mass is 9.99. The number of methoxy groups -OCH3 is 5. The molecule has 2 amide bonds. The normalized spacial score (nSPS) is 12.8. The predicted molar refractivity (Wildman–Crippen MR) is 332 cm³/mol. The predicted octanol–water partition coefficient (Wildman–Crippen LogP) is 9.20. The van der Waals surface area contributed by atoms with Crippen LogP contribution in [0.15, 0.2) is 133 Å². The molecule has 3 aromatic heterocycles. The van der Waals surface area contributed by atoms with Gasteiger partial charge in [0.1, 0.15) is 81.8 Å². The zero-order valence-corrected chi connectivity index (χ0v) is 51.9. The van der Waals surface area contributed by atoms with Gasteiger partial charge in [-0.1, -0.05) is 23.2 Å². The number of nitrogens with one attached hydrogen (secondary N) is 2. The van der Waals surface area contributed by atoms with Gasteiger partial charge in [0.25, 0.3) is 11.8 Å². The highest BCUT2D eigenvalue weighted by Gasteiger charge is 2.30. The first-order chi connectivity index (χ1) is 42.9. The molecular weight excluding hydrogens is 1220 g/mol. The fourth-order valence-corrected chi connectivity index (χ4v) is 8.77. The molecule has 0 saturated carbocycles. The van der Waals surface area contributed by atoms with Crippen LogP contribution < -0.4 is 49.5 Å². The molecule has 90 heavy (non-hydrogen) atoms. The minimum Gasteiger partial charge on any atom is -0.494 e. The molecule has 0 spiro atoms. The Labute approximate surface area is 527 Å². The first-order valence-electron chi connectivity index (χ1n) is 27.5. The number of nitrogens with zero attached hydrogens (tertiary/aromatic N) is 3. The highest BCUT2D eigenvalue weighted by molar-refractivity contribution is 6.31. The first kappa shape index (κ1) is 70.3. The third-order valence-electron chi connectivity index (χ3n) is 13.5. The van der Waals surface area contributed by atoms with Crippen molar-refractivity contribution < 1.29 is 81.5 Å². The maximum absolute atomic E-state index is 13.6. The van der Waals surface area contributed by atoms with Crippen LogP contribution in [0.3, 0.4) is 0 Å². The lowest BCUT2D eigenvalue weighted by Gasteiger charge is -2.24. The van der Waals surface area contributed by atoms with E-state index < -0.39 is 40.3 Å². The van der Waals surface area contributed by atoms with Crippen LogP contribution in [0.2, 0.25) is 10.0 Å². The van der Waals surface area contributed by atoms with Crippen LogP contribution in [0.5, 0.6) is 40.2 Å².